The second-order valence-electron chi connectivity index (χ2n) is 6.33. The molecule has 1 aromatic heterocycles. The predicted molar refractivity (Wildman–Crippen MR) is 117 cm³/mol. The highest BCUT2D eigenvalue weighted by Gasteiger charge is 2.23. The number of nitrogens with one attached hydrogen (secondary N) is 1. The zero-order valence-electron chi connectivity index (χ0n) is 15.4. The zero-order valence-corrected chi connectivity index (χ0v) is 17.0. The molecule has 3 aromatic carbocycles. The number of nitrogen functional groups attached to an aromatic ring is 1. The van der Waals surface area contributed by atoms with Crippen LogP contribution in [0.3, 0.4) is 0 Å². The normalized spacial score (nSPS) is 11.4. The van der Waals surface area contributed by atoms with Gasteiger partial charge in [-0.15, -0.1) is 0 Å². The molecule has 8 nitrogen and oxygen atoms in total. The number of rotatable bonds is 5. The second kappa shape index (κ2) is 7.79. The molecule has 4 aromatic rings. The molecule has 152 valence electrons. The van der Waals surface area contributed by atoms with Crippen LogP contribution in [0, 0.1) is 0 Å². The van der Waals surface area contributed by atoms with Crippen molar-refractivity contribution in [2.45, 2.75) is 4.90 Å². The summed E-state index contributed by atoms with van der Waals surface area (Å²) in [5.41, 5.74) is 7.13. The average molecular weight is 442 g/mol. The van der Waals surface area contributed by atoms with Crippen LogP contribution >= 0.6 is 11.6 Å². The van der Waals surface area contributed by atoms with E-state index in [2.05, 4.69) is 14.7 Å². The summed E-state index contributed by atoms with van der Waals surface area (Å²) < 4.78 is 28.2. The Bertz CT molecular complexity index is 1350. The monoisotopic (exact) mass is 441 g/mol. The first kappa shape index (κ1) is 19.9. The Morgan fingerprint density at radius 2 is 1.60 bits per heavy atom. The summed E-state index contributed by atoms with van der Waals surface area (Å²) in [7, 11) is -4.06. The highest BCUT2D eigenvalue weighted by atomic mass is 35.5. The summed E-state index contributed by atoms with van der Waals surface area (Å²) in [6.07, 6.45) is 0. The van der Waals surface area contributed by atoms with Crippen LogP contribution in [0.2, 0.25) is 5.02 Å². The van der Waals surface area contributed by atoms with Crippen LogP contribution in [0.15, 0.2) is 77.7 Å². The molecular formula is C20H16ClN5O3S. The number of sulfonamides is 1. The Hall–Kier alpha value is -3.40. The van der Waals surface area contributed by atoms with E-state index < -0.39 is 10.0 Å². The van der Waals surface area contributed by atoms with E-state index in [1.807, 2.05) is 0 Å². The first-order chi connectivity index (χ1) is 14.3. The number of para-hydroxylation sites is 3. The minimum atomic E-state index is -4.06. The fourth-order valence-corrected chi connectivity index (χ4v) is 4.09. The number of anilines is 4. The first-order valence-electron chi connectivity index (χ1n) is 8.74. The lowest BCUT2D eigenvalue weighted by Crippen LogP contribution is -2.20. The topological polar surface area (TPSA) is 121 Å². The average Bonchev–Trinajstić information content (AvgIpc) is 2.73. The van der Waals surface area contributed by atoms with E-state index in [0.29, 0.717) is 21.8 Å². The summed E-state index contributed by atoms with van der Waals surface area (Å²) in [5.74, 6) is -0.298. The molecule has 0 aliphatic rings. The molecule has 0 radical (unpaired) electrons. The van der Waals surface area contributed by atoms with Gasteiger partial charge in [0, 0.05) is 5.69 Å². The lowest BCUT2D eigenvalue weighted by atomic mass is 10.3. The number of aromatic nitrogens is 2. The van der Waals surface area contributed by atoms with Crippen molar-refractivity contribution in [3.63, 3.8) is 0 Å². The SMILES string of the molecule is Nc1cccc(S(=O)(=O)Nc2nc3ccccc3nc2N(O)c2ccccc2Cl)c1. The van der Waals surface area contributed by atoms with Gasteiger partial charge < -0.3 is 5.73 Å². The maximum absolute atomic E-state index is 12.9. The van der Waals surface area contributed by atoms with Crippen molar-refractivity contribution < 1.29 is 13.6 Å². The van der Waals surface area contributed by atoms with Crippen molar-refractivity contribution in [3.8, 4) is 0 Å². The van der Waals surface area contributed by atoms with Gasteiger partial charge in [0.25, 0.3) is 10.0 Å². The first-order valence-corrected chi connectivity index (χ1v) is 10.6. The lowest BCUT2D eigenvalue weighted by molar-refractivity contribution is 0.298. The summed E-state index contributed by atoms with van der Waals surface area (Å²) >= 11 is 6.18. The van der Waals surface area contributed by atoms with E-state index in [-0.39, 0.29) is 27.2 Å². The van der Waals surface area contributed by atoms with E-state index in [0.717, 1.165) is 0 Å². The van der Waals surface area contributed by atoms with Gasteiger partial charge in [0.05, 0.1) is 26.6 Å². The van der Waals surface area contributed by atoms with Crippen molar-refractivity contribution in [2.24, 2.45) is 0 Å². The molecule has 0 bridgehead atoms. The standard InChI is InChI=1S/C20H16ClN5O3S/c21-15-8-1-4-11-18(15)26(27)20-19(23-16-9-2-3-10-17(16)24-20)25-30(28,29)14-7-5-6-13(22)12-14/h1-12,27H,22H2,(H,23,25). The molecule has 0 aliphatic heterocycles. The van der Waals surface area contributed by atoms with E-state index in [1.165, 1.54) is 18.2 Å². The Labute approximate surface area is 177 Å². The highest BCUT2D eigenvalue weighted by molar-refractivity contribution is 7.92. The van der Waals surface area contributed by atoms with Crippen molar-refractivity contribution in [1.82, 2.24) is 9.97 Å². The van der Waals surface area contributed by atoms with Gasteiger partial charge in [-0.1, -0.05) is 41.9 Å². The minimum absolute atomic E-state index is 0.0503. The van der Waals surface area contributed by atoms with Crippen LogP contribution in [0.1, 0.15) is 0 Å². The summed E-state index contributed by atoms with van der Waals surface area (Å²) in [5, 5.41) is 11.8. The smallest absolute Gasteiger partial charge is 0.263 e. The van der Waals surface area contributed by atoms with E-state index in [1.54, 1.807) is 54.6 Å². The summed E-state index contributed by atoms with van der Waals surface area (Å²) in [6, 6.07) is 19.2. The van der Waals surface area contributed by atoms with Crippen molar-refractivity contribution >= 4 is 55.7 Å². The predicted octanol–water partition coefficient (Wildman–Crippen LogP) is 4.19. The molecule has 0 amide bonds. The molecule has 0 aliphatic carbocycles. The number of nitrogens with zero attached hydrogens (tertiary/aromatic N) is 3. The number of halogens is 1. The Morgan fingerprint density at radius 1 is 0.933 bits per heavy atom. The maximum atomic E-state index is 12.9. The number of hydrogen-bond acceptors (Lipinski definition) is 7. The third-order valence-electron chi connectivity index (χ3n) is 4.23. The van der Waals surface area contributed by atoms with Gasteiger partial charge >= 0.3 is 0 Å². The van der Waals surface area contributed by atoms with Crippen LogP contribution in [0.25, 0.3) is 11.0 Å². The molecule has 30 heavy (non-hydrogen) atoms. The van der Waals surface area contributed by atoms with Gasteiger partial charge in [0.15, 0.2) is 5.82 Å². The third kappa shape index (κ3) is 3.86. The Balaban J connectivity index is 1.86. The molecular weight excluding hydrogens is 426 g/mol. The molecule has 0 spiro atoms. The molecule has 1 heterocycles. The van der Waals surface area contributed by atoms with E-state index in [4.69, 9.17) is 17.3 Å². The molecule has 0 saturated carbocycles. The fraction of sp³-hybridized carbons (Fsp3) is 0. The van der Waals surface area contributed by atoms with Crippen LogP contribution in [-0.4, -0.2) is 23.6 Å². The van der Waals surface area contributed by atoms with Crippen LogP contribution < -0.4 is 15.5 Å². The van der Waals surface area contributed by atoms with Crippen molar-refractivity contribution in [1.29, 1.82) is 0 Å². The van der Waals surface area contributed by atoms with Gasteiger partial charge in [-0.3, -0.25) is 9.93 Å². The number of nitrogens with two attached hydrogens (primary N) is 1. The molecule has 4 rings (SSSR count). The number of hydrogen-bond donors (Lipinski definition) is 3. The van der Waals surface area contributed by atoms with Gasteiger partial charge in [-0.25, -0.2) is 23.4 Å². The molecule has 0 saturated heterocycles. The lowest BCUT2D eigenvalue weighted by Gasteiger charge is -2.20. The molecule has 0 atom stereocenters. The van der Waals surface area contributed by atoms with Gasteiger partial charge in [0.2, 0.25) is 5.82 Å². The Morgan fingerprint density at radius 3 is 2.30 bits per heavy atom. The summed E-state index contributed by atoms with van der Waals surface area (Å²) in [4.78, 5) is 8.70. The highest BCUT2D eigenvalue weighted by Crippen LogP contribution is 2.34. The van der Waals surface area contributed by atoms with E-state index >= 15 is 0 Å². The minimum Gasteiger partial charge on any atom is -0.399 e. The van der Waals surface area contributed by atoms with Crippen LogP contribution in [0.4, 0.5) is 23.0 Å². The largest absolute Gasteiger partial charge is 0.399 e. The molecule has 4 N–H and O–H groups in total. The van der Waals surface area contributed by atoms with Crippen LogP contribution in [-0.2, 0) is 10.0 Å². The molecule has 0 fully saturated rings. The van der Waals surface area contributed by atoms with Gasteiger partial charge in [-0.2, -0.15) is 0 Å². The number of benzene rings is 3. The quantitative estimate of drug-likeness (QED) is 0.313. The molecule has 0 unspecified atom stereocenters. The maximum Gasteiger partial charge on any atom is 0.263 e. The number of fused-ring (bicyclic) bond motifs is 1. The molecule has 10 heteroatoms. The van der Waals surface area contributed by atoms with Crippen molar-refractivity contribution in [2.75, 3.05) is 15.5 Å². The van der Waals surface area contributed by atoms with Gasteiger partial charge in [-0.05, 0) is 42.5 Å². The second-order valence-corrected chi connectivity index (χ2v) is 8.42. The van der Waals surface area contributed by atoms with Crippen molar-refractivity contribution in [3.05, 3.63) is 77.8 Å². The summed E-state index contributed by atoms with van der Waals surface area (Å²) in [6.45, 7) is 0. The fourth-order valence-electron chi connectivity index (χ4n) is 2.81. The third-order valence-corrected chi connectivity index (χ3v) is 5.89. The van der Waals surface area contributed by atoms with Crippen LogP contribution in [0.5, 0.6) is 0 Å². The zero-order chi connectivity index (χ0) is 21.3. The Kier molecular flexibility index (Phi) is 5.17. The van der Waals surface area contributed by atoms with E-state index in [9.17, 15) is 13.6 Å². The van der Waals surface area contributed by atoms with Gasteiger partial charge in [0.1, 0.15) is 0 Å².